The summed E-state index contributed by atoms with van der Waals surface area (Å²) in [5.74, 6) is -2.28. The number of carbonyl (C=O) groups excluding carboxylic acids is 1. The quantitative estimate of drug-likeness (QED) is 0.840. The average molecular weight is 334 g/mol. The molecule has 0 atom stereocenters. The molecule has 3 rings (SSSR count). The van der Waals surface area contributed by atoms with Gasteiger partial charge in [0.2, 0.25) is 0 Å². The number of nitrogens with zero attached hydrogens (tertiary/aromatic N) is 2. The van der Waals surface area contributed by atoms with Crippen molar-refractivity contribution >= 4 is 11.6 Å². The summed E-state index contributed by atoms with van der Waals surface area (Å²) in [6.07, 6.45) is 0.714. The van der Waals surface area contributed by atoms with Crippen LogP contribution in [0.1, 0.15) is 16.8 Å². The van der Waals surface area contributed by atoms with Gasteiger partial charge in [0.1, 0.15) is 17.5 Å². The van der Waals surface area contributed by atoms with Crippen LogP contribution in [0, 0.1) is 17.5 Å². The minimum Gasteiger partial charge on any atom is -0.370 e. The van der Waals surface area contributed by atoms with Crippen molar-refractivity contribution in [1.82, 2.24) is 4.90 Å². The van der Waals surface area contributed by atoms with E-state index in [9.17, 15) is 18.0 Å². The lowest BCUT2D eigenvalue weighted by Crippen LogP contribution is -2.35. The number of carbonyl (C=O) groups is 1. The number of anilines is 1. The van der Waals surface area contributed by atoms with Gasteiger partial charge in [-0.25, -0.2) is 13.2 Å². The van der Waals surface area contributed by atoms with Crippen molar-refractivity contribution in [3.05, 3.63) is 65.5 Å². The molecule has 1 aliphatic heterocycles. The maximum atomic E-state index is 13.8. The third-order valence-corrected chi connectivity index (χ3v) is 4.14. The Balaban J connectivity index is 1.71. The monoisotopic (exact) mass is 334 g/mol. The number of hydrogen-bond donors (Lipinski definition) is 0. The Kier molecular flexibility index (Phi) is 4.74. The van der Waals surface area contributed by atoms with Gasteiger partial charge in [0, 0.05) is 37.9 Å². The molecule has 2 aromatic carbocycles. The van der Waals surface area contributed by atoms with Gasteiger partial charge in [0.05, 0.1) is 5.56 Å². The Hall–Kier alpha value is -2.50. The van der Waals surface area contributed by atoms with Gasteiger partial charge in [-0.3, -0.25) is 4.79 Å². The second-order valence-electron chi connectivity index (χ2n) is 5.73. The van der Waals surface area contributed by atoms with Crippen LogP contribution in [0.15, 0.2) is 42.5 Å². The molecule has 6 heteroatoms. The van der Waals surface area contributed by atoms with Crippen LogP contribution in [-0.2, 0) is 0 Å². The van der Waals surface area contributed by atoms with Crippen molar-refractivity contribution < 1.29 is 18.0 Å². The molecule has 1 heterocycles. The Morgan fingerprint density at radius 2 is 1.54 bits per heavy atom. The summed E-state index contributed by atoms with van der Waals surface area (Å²) in [6.45, 7) is 2.21. The van der Waals surface area contributed by atoms with Gasteiger partial charge >= 0.3 is 0 Å². The fourth-order valence-electron chi connectivity index (χ4n) is 2.86. The molecule has 0 radical (unpaired) electrons. The molecule has 0 N–H and O–H groups in total. The van der Waals surface area contributed by atoms with Gasteiger partial charge in [-0.1, -0.05) is 0 Å². The fraction of sp³-hybridized carbons (Fsp3) is 0.278. The van der Waals surface area contributed by atoms with E-state index in [1.807, 2.05) is 0 Å². The van der Waals surface area contributed by atoms with Gasteiger partial charge in [-0.15, -0.1) is 0 Å². The lowest BCUT2D eigenvalue weighted by Gasteiger charge is -2.24. The predicted molar refractivity (Wildman–Crippen MR) is 85.5 cm³/mol. The van der Waals surface area contributed by atoms with Gasteiger partial charge in [0.25, 0.3) is 5.91 Å². The normalized spacial score (nSPS) is 15.3. The van der Waals surface area contributed by atoms with Gasteiger partial charge in [0.15, 0.2) is 0 Å². The van der Waals surface area contributed by atoms with Gasteiger partial charge in [-0.2, -0.15) is 0 Å². The molecule has 1 amide bonds. The first-order valence-corrected chi connectivity index (χ1v) is 7.79. The van der Waals surface area contributed by atoms with Crippen LogP contribution < -0.4 is 4.90 Å². The zero-order chi connectivity index (χ0) is 17.1. The highest BCUT2D eigenvalue weighted by molar-refractivity contribution is 5.94. The molecule has 0 saturated carbocycles. The summed E-state index contributed by atoms with van der Waals surface area (Å²) in [5.41, 5.74) is 0.769. The first-order valence-electron chi connectivity index (χ1n) is 7.79. The summed E-state index contributed by atoms with van der Waals surface area (Å²) < 4.78 is 39.8. The minimum absolute atomic E-state index is 0.119. The number of benzene rings is 2. The van der Waals surface area contributed by atoms with Crippen LogP contribution in [0.2, 0.25) is 0 Å². The molecule has 3 nitrogen and oxygen atoms in total. The molecule has 0 spiro atoms. The largest absolute Gasteiger partial charge is 0.370 e. The van der Waals surface area contributed by atoms with Crippen molar-refractivity contribution in [3.63, 3.8) is 0 Å². The van der Waals surface area contributed by atoms with Crippen molar-refractivity contribution in [2.45, 2.75) is 6.42 Å². The first-order chi connectivity index (χ1) is 11.5. The summed E-state index contributed by atoms with van der Waals surface area (Å²) in [6, 6.07) is 9.18. The van der Waals surface area contributed by atoms with Crippen LogP contribution in [0.25, 0.3) is 0 Å². The van der Waals surface area contributed by atoms with Crippen molar-refractivity contribution in [2.75, 3.05) is 31.1 Å². The van der Waals surface area contributed by atoms with E-state index in [4.69, 9.17) is 0 Å². The molecular formula is C18H17F3N2O. The number of amides is 1. The Labute approximate surface area is 138 Å². The standard InChI is InChI=1S/C18H17F3N2O/c19-13-2-5-15(6-3-13)22-8-1-9-23(11-10-22)18(24)16-7-4-14(20)12-17(16)21/h2-7,12H,1,8-11H2. The zero-order valence-electron chi connectivity index (χ0n) is 13.0. The second-order valence-corrected chi connectivity index (χ2v) is 5.73. The highest BCUT2D eigenvalue weighted by atomic mass is 19.1. The zero-order valence-corrected chi connectivity index (χ0v) is 13.0. The summed E-state index contributed by atoms with van der Waals surface area (Å²) in [5, 5.41) is 0. The number of hydrogen-bond acceptors (Lipinski definition) is 2. The van der Waals surface area contributed by atoms with Crippen LogP contribution in [0.4, 0.5) is 18.9 Å². The van der Waals surface area contributed by atoms with Crippen molar-refractivity contribution in [3.8, 4) is 0 Å². The average Bonchev–Trinajstić information content (AvgIpc) is 2.81. The molecule has 1 aliphatic rings. The van der Waals surface area contributed by atoms with Crippen LogP contribution in [0.3, 0.4) is 0 Å². The molecule has 24 heavy (non-hydrogen) atoms. The highest BCUT2D eigenvalue weighted by Gasteiger charge is 2.22. The molecule has 126 valence electrons. The number of rotatable bonds is 2. The van der Waals surface area contributed by atoms with Crippen molar-refractivity contribution in [1.29, 1.82) is 0 Å². The smallest absolute Gasteiger partial charge is 0.256 e. The maximum absolute atomic E-state index is 13.8. The minimum atomic E-state index is -0.848. The van der Waals surface area contributed by atoms with E-state index in [-0.39, 0.29) is 11.4 Å². The second kappa shape index (κ2) is 6.95. The fourth-order valence-corrected chi connectivity index (χ4v) is 2.86. The topological polar surface area (TPSA) is 23.6 Å². The molecule has 1 fully saturated rings. The maximum Gasteiger partial charge on any atom is 0.256 e. The van der Waals surface area contributed by atoms with E-state index in [0.717, 1.165) is 24.4 Å². The third-order valence-electron chi connectivity index (χ3n) is 4.14. The van der Waals surface area contributed by atoms with E-state index >= 15 is 0 Å². The molecule has 1 saturated heterocycles. The highest BCUT2D eigenvalue weighted by Crippen LogP contribution is 2.19. The van der Waals surface area contributed by atoms with E-state index in [2.05, 4.69) is 4.90 Å². The third kappa shape index (κ3) is 3.53. The van der Waals surface area contributed by atoms with Crippen molar-refractivity contribution in [2.24, 2.45) is 0 Å². The van der Waals surface area contributed by atoms with E-state index in [0.29, 0.717) is 26.1 Å². The predicted octanol–water partition coefficient (Wildman–Crippen LogP) is 3.46. The summed E-state index contributed by atoms with van der Waals surface area (Å²) in [7, 11) is 0. The van der Waals surface area contributed by atoms with Crippen LogP contribution in [-0.4, -0.2) is 37.0 Å². The molecule has 0 aliphatic carbocycles. The van der Waals surface area contributed by atoms with Crippen LogP contribution in [0.5, 0.6) is 0 Å². The molecule has 0 aromatic heterocycles. The molecular weight excluding hydrogens is 317 g/mol. The summed E-state index contributed by atoms with van der Waals surface area (Å²) >= 11 is 0. The lowest BCUT2D eigenvalue weighted by atomic mass is 10.1. The van der Waals surface area contributed by atoms with Gasteiger partial charge < -0.3 is 9.80 Å². The van der Waals surface area contributed by atoms with E-state index in [1.54, 1.807) is 17.0 Å². The molecule has 2 aromatic rings. The SMILES string of the molecule is O=C(c1ccc(F)cc1F)N1CCCN(c2ccc(F)cc2)CC1. The number of halogens is 3. The van der Waals surface area contributed by atoms with E-state index < -0.39 is 17.5 Å². The van der Waals surface area contributed by atoms with Crippen LogP contribution >= 0.6 is 0 Å². The molecule has 0 bridgehead atoms. The first kappa shape index (κ1) is 16.4. The Bertz CT molecular complexity index is 734. The molecule has 0 unspecified atom stereocenters. The van der Waals surface area contributed by atoms with E-state index in [1.165, 1.54) is 18.2 Å². The Morgan fingerprint density at radius 3 is 2.25 bits per heavy atom. The summed E-state index contributed by atoms with van der Waals surface area (Å²) in [4.78, 5) is 16.1. The van der Waals surface area contributed by atoms with Gasteiger partial charge in [-0.05, 0) is 42.8 Å². The lowest BCUT2D eigenvalue weighted by molar-refractivity contribution is 0.0762. The Morgan fingerprint density at radius 1 is 0.833 bits per heavy atom.